The zero-order valence-electron chi connectivity index (χ0n) is 16.3. The third-order valence-corrected chi connectivity index (χ3v) is 4.91. The maximum atomic E-state index is 13.0. The van der Waals surface area contributed by atoms with Crippen LogP contribution in [0.3, 0.4) is 0 Å². The number of hydrogen-bond acceptors (Lipinski definition) is 2. The van der Waals surface area contributed by atoms with Gasteiger partial charge in [-0.25, -0.2) is 0 Å². The van der Waals surface area contributed by atoms with Crippen LogP contribution in [0, 0.1) is 13.8 Å². The predicted molar refractivity (Wildman–Crippen MR) is 114 cm³/mol. The summed E-state index contributed by atoms with van der Waals surface area (Å²) in [4.78, 5) is 13.0. The Labute approximate surface area is 171 Å². The minimum Gasteiger partial charge on any atom is -0.488 e. The Morgan fingerprint density at radius 1 is 1.04 bits per heavy atom. The standard InChI is InChI=1S/C24H24ClNO2/c1-16-9-10-17(2)21(13-16)18(3)26-24(27)22-14-20(25)11-12-23(22)28-15-19-7-5-4-6-8-19/h4-14,18H,15H2,1-3H3,(H,26,27)/t18-/m0/s1. The summed E-state index contributed by atoms with van der Waals surface area (Å²) in [5, 5.41) is 3.57. The summed E-state index contributed by atoms with van der Waals surface area (Å²) in [5.74, 6) is 0.304. The molecule has 0 aromatic heterocycles. The highest BCUT2D eigenvalue weighted by Crippen LogP contribution is 2.26. The molecule has 28 heavy (non-hydrogen) atoms. The van der Waals surface area contributed by atoms with E-state index in [-0.39, 0.29) is 11.9 Å². The van der Waals surface area contributed by atoms with Gasteiger partial charge in [-0.1, -0.05) is 65.7 Å². The number of halogens is 1. The van der Waals surface area contributed by atoms with Gasteiger partial charge in [0.15, 0.2) is 0 Å². The average molecular weight is 394 g/mol. The fourth-order valence-corrected chi connectivity index (χ4v) is 3.29. The largest absolute Gasteiger partial charge is 0.488 e. The van der Waals surface area contributed by atoms with Crippen LogP contribution in [0.2, 0.25) is 5.02 Å². The first-order valence-electron chi connectivity index (χ1n) is 9.28. The highest BCUT2D eigenvalue weighted by molar-refractivity contribution is 6.31. The summed E-state index contributed by atoms with van der Waals surface area (Å²) in [6.07, 6.45) is 0. The second kappa shape index (κ2) is 8.94. The van der Waals surface area contributed by atoms with E-state index >= 15 is 0 Å². The second-order valence-electron chi connectivity index (χ2n) is 6.97. The van der Waals surface area contributed by atoms with Gasteiger partial charge in [0, 0.05) is 5.02 Å². The van der Waals surface area contributed by atoms with E-state index in [0.717, 1.165) is 22.3 Å². The van der Waals surface area contributed by atoms with Gasteiger partial charge in [0.05, 0.1) is 11.6 Å². The maximum Gasteiger partial charge on any atom is 0.255 e. The van der Waals surface area contributed by atoms with E-state index in [1.54, 1.807) is 18.2 Å². The molecule has 0 aliphatic carbocycles. The fourth-order valence-electron chi connectivity index (χ4n) is 3.12. The van der Waals surface area contributed by atoms with Crippen molar-refractivity contribution in [2.45, 2.75) is 33.4 Å². The van der Waals surface area contributed by atoms with Gasteiger partial charge in [0.2, 0.25) is 0 Å². The van der Waals surface area contributed by atoms with E-state index in [1.165, 1.54) is 0 Å². The van der Waals surface area contributed by atoms with Crippen LogP contribution in [-0.4, -0.2) is 5.91 Å². The molecule has 1 N–H and O–H groups in total. The number of aryl methyl sites for hydroxylation is 2. The number of amides is 1. The van der Waals surface area contributed by atoms with Crippen molar-refractivity contribution in [3.8, 4) is 5.75 Å². The fraction of sp³-hybridized carbons (Fsp3) is 0.208. The van der Waals surface area contributed by atoms with Crippen LogP contribution in [0.15, 0.2) is 66.7 Å². The number of rotatable bonds is 6. The molecule has 0 aliphatic rings. The van der Waals surface area contributed by atoms with E-state index in [2.05, 4.69) is 23.5 Å². The van der Waals surface area contributed by atoms with Gasteiger partial charge in [-0.2, -0.15) is 0 Å². The molecule has 4 heteroatoms. The van der Waals surface area contributed by atoms with Crippen molar-refractivity contribution >= 4 is 17.5 Å². The number of nitrogens with one attached hydrogen (secondary N) is 1. The van der Waals surface area contributed by atoms with E-state index in [9.17, 15) is 4.79 Å². The van der Waals surface area contributed by atoms with E-state index in [4.69, 9.17) is 16.3 Å². The molecule has 0 heterocycles. The molecule has 0 radical (unpaired) electrons. The third kappa shape index (κ3) is 4.93. The summed E-state index contributed by atoms with van der Waals surface area (Å²) in [6.45, 7) is 6.46. The van der Waals surface area contributed by atoms with Crippen LogP contribution in [0.4, 0.5) is 0 Å². The Morgan fingerprint density at radius 2 is 1.79 bits per heavy atom. The molecule has 1 amide bonds. The summed E-state index contributed by atoms with van der Waals surface area (Å²) >= 11 is 6.14. The minimum absolute atomic E-state index is 0.131. The lowest BCUT2D eigenvalue weighted by atomic mass is 9.99. The van der Waals surface area contributed by atoms with Crippen molar-refractivity contribution in [3.63, 3.8) is 0 Å². The van der Waals surface area contributed by atoms with E-state index in [1.807, 2.05) is 51.1 Å². The molecular weight excluding hydrogens is 370 g/mol. The molecule has 3 aromatic carbocycles. The number of carbonyl (C=O) groups excluding carboxylic acids is 1. The van der Waals surface area contributed by atoms with Gasteiger partial charge in [-0.05, 0) is 55.7 Å². The summed E-state index contributed by atoms with van der Waals surface area (Å²) in [7, 11) is 0. The normalized spacial score (nSPS) is 11.7. The lowest BCUT2D eigenvalue weighted by Gasteiger charge is -2.19. The van der Waals surface area contributed by atoms with Gasteiger partial charge in [0.25, 0.3) is 5.91 Å². The molecule has 3 nitrogen and oxygen atoms in total. The molecule has 0 bridgehead atoms. The number of carbonyl (C=O) groups is 1. The summed E-state index contributed by atoms with van der Waals surface area (Å²) in [6, 6.07) is 21.1. The lowest BCUT2D eigenvalue weighted by molar-refractivity contribution is 0.0935. The highest BCUT2D eigenvalue weighted by atomic mass is 35.5. The first-order chi connectivity index (χ1) is 13.4. The smallest absolute Gasteiger partial charge is 0.255 e. The molecule has 3 aromatic rings. The second-order valence-corrected chi connectivity index (χ2v) is 7.41. The molecule has 1 atom stereocenters. The van der Waals surface area contributed by atoms with Gasteiger partial charge in [-0.15, -0.1) is 0 Å². The van der Waals surface area contributed by atoms with Crippen LogP contribution >= 0.6 is 11.6 Å². The van der Waals surface area contributed by atoms with Crippen LogP contribution in [0.25, 0.3) is 0 Å². The topological polar surface area (TPSA) is 38.3 Å². The summed E-state index contributed by atoms with van der Waals surface area (Å²) in [5.41, 5.74) is 4.87. The average Bonchev–Trinajstić information content (AvgIpc) is 2.69. The summed E-state index contributed by atoms with van der Waals surface area (Å²) < 4.78 is 5.91. The van der Waals surface area contributed by atoms with Gasteiger partial charge in [-0.3, -0.25) is 4.79 Å². The van der Waals surface area contributed by atoms with Crippen molar-refractivity contribution in [1.82, 2.24) is 5.32 Å². The number of benzene rings is 3. The first-order valence-corrected chi connectivity index (χ1v) is 9.66. The van der Waals surface area contributed by atoms with Crippen LogP contribution in [0.1, 0.15) is 45.6 Å². The zero-order valence-corrected chi connectivity index (χ0v) is 17.1. The molecule has 0 fully saturated rings. The molecule has 144 valence electrons. The zero-order chi connectivity index (χ0) is 20.1. The number of hydrogen-bond donors (Lipinski definition) is 1. The predicted octanol–water partition coefficient (Wildman–Crippen LogP) is 6.03. The Kier molecular flexibility index (Phi) is 6.37. The lowest BCUT2D eigenvalue weighted by Crippen LogP contribution is -2.27. The molecule has 0 saturated carbocycles. The SMILES string of the molecule is Cc1ccc(C)c([C@H](C)NC(=O)c2cc(Cl)ccc2OCc2ccccc2)c1. The minimum atomic E-state index is -0.209. The Balaban J connectivity index is 1.78. The maximum absolute atomic E-state index is 13.0. The van der Waals surface area contributed by atoms with Crippen LogP contribution in [-0.2, 0) is 6.61 Å². The Morgan fingerprint density at radius 3 is 2.54 bits per heavy atom. The Hall–Kier alpha value is -2.78. The molecule has 3 rings (SSSR count). The molecule has 0 unspecified atom stereocenters. The Bertz CT molecular complexity index is 970. The molecule has 0 aliphatic heterocycles. The molecular formula is C24H24ClNO2. The first kappa shape index (κ1) is 20.0. The van der Waals surface area contributed by atoms with Crippen LogP contribution < -0.4 is 10.1 Å². The quantitative estimate of drug-likeness (QED) is 0.555. The van der Waals surface area contributed by atoms with Gasteiger partial charge in [0.1, 0.15) is 12.4 Å². The van der Waals surface area contributed by atoms with Crippen molar-refractivity contribution in [3.05, 3.63) is 99.6 Å². The van der Waals surface area contributed by atoms with Gasteiger partial charge < -0.3 is 10.1 Å². The van der Waals surface area contributed by atoms with E-state index < -0.39 is 0 Å². The molecule has 0 spiro atoms. The molecule has 0 saturated heterocycles. The van der Waals surface area contributed by atoms with Crippen molar-refractivity contribution in [1.29, 1.82) is 0 Å². The number of ether oxygens (including phenoxy) is 1. The third-order valence-electron chi connectivity index (χ3n) is 4.67. The van der Waals surface area contributed by atoms with Crippen molar-refractivity contribution in [2.75, 3.05) is 0 Å². The van der Waals surface area contributed by atoms with Crippen LogP contribution in [0.5, 0.6) is 5.75 Å². The van der Waals surface area contributed by atoms with Gasteiger partial charge >= 0.3 is 0 Å². The van der Waals surface area contributed by atoms with Crippen molar-refractivity contribution < 1.29 is 9.53 Å². The monoisotopic (exact) mass is 393 g/mol. The van der Waals surface area contributed by atoms with E-state index in [0.29, 0.717) is 22.9 Å². The highest BCUT2D eigenvalue weighted by Gasteiger charge is 2.18. The van der Waals surface area contributed by atoms with Crippen molar-refractivity contribution in [2.24, 2.45) is 0 Å².